The van der Waals surface area contributed by atoms with E-state index < -0.39 is 0 Å². The van der Waals surface area contributed by atoms with Crippen LogP contribution < -0.4 is 4.90 Å². The fourth-order valence-electron chi connectivity index (χ4n) is 1.46. The van der Waals surface area contributed by atoms with Gasteiger partial charge >= 0.3 is 0 Å². The molecule has 1 aromatic carbocycles. The Bertz CT molecular complexity index is 326. The first-order valence-corrected chi connectivity index (χ1v) is 5.02. The van der Waals surface area contributed by atoms with E-state index in [0.717, 1.165) is 0 Å². The van der Waals surface area contributed by atoms with Crippen molar-refractivity contribution < 1.29 is 0 Å². The minimum absolute atomic E-state index is 0.576. The molecule has 0 spiro atoms. The molecule has 0 bridgehead atoms. The number of nitrogens with zero attached hydrogens (tertiary/aromatic N) is 1. The molecular weight excluding hydrogens is 170 g/mol. The Morgan fingerprint density at radius 1 is 1.36 bits per heavy atom. The van der Waals surface area contributed by atoms with Crippen LogP contribution >= 0.6 is 0 Å². The average Bonchev–Trinajstić information content (AvgIpc) is 2.17. The Kier molecular flexibility index (Phi) is 3.34. The van der Waals surface area contributed by atoms with E-state index in [1.165, 1.54) is 16.8 Å². The second-order valence-electron chi connectivity index (χ2n) is 3.99. The van der Waals surface area contributed by atoms with Crippen LogP contribution in [0.2, 0.25) is 0 Å². The molecule has 0 radical (unpaired) electrons. The highest BCUT2D eigenvalue weighted by Gasteiger charge is 2.05. The Morgan fingerprint density at radius 3 is 2.50 bits per heavy atom. The summed E-state index contributed by atoms with van der Waals surface area (Å²) in [5, 5.41) is 0. The third-order valence-corrected chi connectivity index (χ3v) is 2.55. The van der Waals surface area contributed by atoms with Crippen molar-refractivity contribution in [3.05, 3.63) is 42.1 Å². The molecule has 1 aromatic rings. The van der Waals surface area contributed by atoms with Crippen LogP contribution in [0.5, 0.6) is 0 Å². The van der Waals surface area contributed by atoms with Crippen LogP contribution in [-0.2, 0) is 0 Å². The van der Waals surface area contributed by atoms with Gasteiger partial charge in [0.05, 0.1) is 0 Å². The fourth-order valence-corrected chi connectivity index (χ4v) is 1.46. The minimum Gasteiger partial charge on any atom is -0.351 e. The first-order chi connectivity index (χ1) is 6.56. The molecular formula is C13H19N. The molecule has 0 aliphatic carbocycles. The van der Waals surface area contributed by atoms with Gasteiger partial charge < -0.3 is 4.90 Å². The summed E-state index contributed by atoms with van der Waals surface area (Å²) in [7, 11) is 2.03. The van der Waals surface area contributed by atoms with E-state index in [-0.39, 0.29) is 0 Å². The normalized spacial score (nSPS) is 10.4. The molecule has 0 aliphatic rings. The van der Waals surface area contributed by atoms with E-state index in [9.17, 15) is 0 Å². The zero-order valence-electron chi connectivity index (χ0n) is 9.54. The average molecular weight is 189 g/mol. The molecule has 0 aromatic heterocycles. The Balaban J connectivity index is 3.14. The van der Waals surface area contributed by atoms with Crippen LogP contribution in [0.25, 0.3) is 0 Å². The van der Waals surface area contributed by atoms with Crippen LogP contribution in [0.3, 0.4) is 0 Å². The third kappa shape index (κ3) is 2.16. The molecule has 0 amide bonds. The summed E-state index contributed by atoms with van der Waals surface area (Å²) in [6.07, 6.45) is 1.84. The maximum atomic E-state index is 3.78. The van der Waals surface area contributed by atoms with E-state index in [4.69, 9.17) is 0 Å². The van der Waals surface area contributed by atoms with E-state index in [2.05, 4.69) is 50.4 Å². The number of hydrogen-bond donors (Lipinski definition) is 0. The zero-order chi connectivity index (χ0) is 10.7. The summed E-state index contributed by atoms with van der Waals surface area (Å²) in [5.74, 6) is 0.576. The number of rotatable bonds is 3. The lowest BCUT2D eigenvalue weighted by atomic mass is 10.0. The van der Waals surface area contributed by atoms with Gasteiger partial charge in [-0.2, -0.15) is 0 Å². The topological polar surface area (TPSA) is 3.24 Å². The molecule has 0 N–H and O–H groups in total. The Morgan fingerprint density at radius 2 is 2.00 bits per heavy atom. The van der Waals surface area contributed by atoms with Gasteiger partial charge in [-0.3, -0.25) is 0 Å². The number of anilines is 1. The Hall–Kier alpha value is -1.24. The smallest absolute Gasteiger partial charge is 0.0435 e. The summed E-state index contributed by atoms with van der Waals surface area (Å²) in [6, 6.07) is 6.60. The largest absolute Gasteiger partial charge is 0.351 e. The van der Waals surface area contributed by atoms with Gasteiger partial charge in [0.2, 0.25) is 0 Å². The molecule has 1 heteroatoms. The van der Waals surface area contributed by atoms with Crippen molar-refractivity contribution >= 4 is 5.69 Å². The van der Waals surface area contributed by atoms with Crippen molar-refractivity contribution in [2.45, 2.75) is 26.7 Å². The number of aryl methyl sites for hydroxylation is 1. The van der Waals surface area contributed by atoms with E-state index in [0.29, 0.717) is 5.92 Å². The van der Waals surface area contributed by atoms with Gasteiger partial charge in [0.15, 0.2) is 0 Å². The second kappa shape index (κ2) is 4.32. The van der Waals surface area contributed by atoms with Crippen molar-refractivity contribution in [3.8, 4) is 0 Å². The van der Waals surface area contributed by atoms with Crippen LogP contribution in [0.1, 0.15) is 30.9 Å². The van der Waals surface area contributed by atoms with Crippen LogP contribution in [0.4, 0.5) is 5.69 Å². The maximum absolute atomic E-state index is 3.78. The van der Waals surface area contributed by atoms with E-state index in [1.807, 2.05) is 13.2 Å². The molecule has 14 heavy (non-hydrogen) atoms. The predicted molar refractivity (Wildman–Crippen MR) is 63.9 cm³/mol. The van der Waals surface area contributed by atoms with E-state index in [1.54, 1.807) is 0 Å². The minimum atomic E-state index is 0.576. The molecule has 0 saturated carbocycles. The first-order valence-electron chi connectivity index (χ1n) is 5.02. The maximum Gasteiger partial charge on any atom is 0.0435 e. The summed E-state index contributed by atoms with van der Waals surface area (Å²) in [4.78, 5) is 2.06. The summed E-state index contributed by atoms with van der Waals surface area (Å²) in [5.41, 5.74) is 3.90. The number of benzene rings is 1. The molecule has 0 unspecified atom stereocenters. The SMILES string of the molecule is C=CN(C)c1cc(C(C)C)ccc1C. The van der Waals surface area contributed by atoms with Gasteiger partial charge in [-0.25, -0.2) is 0 Å². The highest BCUT2D eigenvalue weighted by molar-refractivity contribution is 5.56. The van der Waals surface area contributed by atoms with Gasteiger partial charge in [-0.15, -0.1) is 0 Å². The van der Waals surface area contributed by atoms with Gasteiger partial charge in [-0.1, -0.05) is 32.6 Å². The number of hydrogen-bond acceptors (Lipinski definition) is 1. The lowest BCUT2D eigenvalue weighted by molar-refractivity contribution is 0.865. The van der Waals surface area contributed by atoms with Crippen molar-refractivity contribution in [2.75, 3.05) is 11.9 Å². The molecule has 0 heterocycles. The van der Waals surface area contributed by atoms with Crippen molar-refractivity contribution in [2.24, 2.45) is 0 Å². The molecule has 1 rings (SSSR count). The monoisotopic (exact) mass is 189 g/mol. The van der Waals surface area contributed by atoms with Crippen molar-refractivity contribution in [1.82, 2.24) is 0 Å². The van der Waals surface area contributed by atoms with Gasteiger partial charge in [0, 0.05) is 12.7 Å². The van der Waals surface area contributed by atoms with Crippen LogP contribution in [-0.4, -0.2) is 7.05 Å². The summed E-state index contributed by atoms with van der Waals surface area (Å²) in [6.45, 7) is 10.3. The van der Waals surface area contributed by atoms with Crippen molar-refractivity contribution in [1.29, 1.82) is 0 Å². The predicted octanol–water partition coefficient (Wildman–Crippen LogP) is 3.70. The summed E-state index contributed by atoms with van der Waals surface area (Å²) < 4.78 is 0. The highest BCUT2D eigenvalue weighted by atomic mass is 15.1. The lowest BCUT2D eigenvalue weighted by Crippen LogP contribution is -2.09. The molecule has 76 valence electrons. The molecule has 0 aliphatic heterocycles. The quantitative estimate of drug-likeness (QED) is 0.700. The molecule has 0 fully saturated rings. The third-order valence-electron chi connectivity index (χ3n) is 2.55. The van der Waals surface area contributed by atoms with Gasteiger partial charge in [-0.05, 0) is 36.2 Å². The van der Waals surface area contributed by atoms with Crippen LogP contribution in [0.15, 0.2) is 31.0 Å². The second-order valence-corrected chi connectivity index (χ2v) is 3.99. The molecule has 0 atom stereocenters. The van der Waals surface area contributed by atoms with Crippen LogP contribution in [0, 0.1) is 6.92 Å². The lowest BCUT2D eigenvalue weighted by Gasteiger charge is -2.18. The Labute approximate surface area is 87.1 Å². The van der Waals surface area contributed by atoms with E-state index >= 15 is 0 Å². The molecule has 1 nitrogen and oxygen atoms in total. The standard InChI is InChI=1S/C13H19N/c1-6-14(5)13-9-12(10(2)3)8-7-11(13)4/h6-10H,1H2,2-5H3. The highest BCUT2D eigenvalue weighted by Crippen LogP contribution is 2.24. The van der Waals surface area contributed by atoms with Gasteiger partial charge in [0.25, 0.3) is 0 Å². The fraction of sp³-hybridized carbons (Fsp3) is 0.385. The summed E-state index contributed by atoms with van der Waals surface area (Å²) >= 11 is 0. The molecule has 0 saturated heterocycles. The first kappa shape index (κ1) is 10.8. The van der Waals surface area contributed by atoms with Gasteiger partial charge in [0.1, 0.15) is 0 Å². The zero-order valence-corrected chi connectivity index (χ0v) is 9.54. The van der Waals surface area contributed by atoms with Crippen molar-refractivity contribution in [3.63, 3.8) is 0 Å².